The van der Waals surface area contributed by atoms with E-state index in [1.54, 1.807) is 0 Å². The predicted molar refractivity (Wildman–Crippen MR) is 57.3 cm³/mol. The van der Waals surface area contributed by atoms with E-state index in [1.807, 2.05) is 0 Å². The summed E-state index contributed by atoms with van der Waals surface area (Å²) < 4.78 is 44.2. The highest BCUT2D eigenvalue weighted by molar-refractivity contribution is 5.98. The van der Waals surface area contributed by atoms with Gasteiger partial charge in [0.25, 0.3) is 0 Å². The summed E-state index contributed by atoms with van der Waals surface area (Å²) in [7, 11) is 0. The minimum atomic E-state index is -1.38. The molecule has 1 aliphatic rings. The molecule has 2 rings (SSSR count). The number of nitrogens with two attached hydrogens (primary N) is 1. The van der Waals surface area contributed by atoms with Crippen molar-refractivity contribution >= 4 is 11.6 Å². The first-order chi connectivity index (χ1) is 8.42. The molecule has 0 aromatic heterocycles. The number of amides is 1. The second-order valence-electron chi connectivity index (χ2n) is 4.16. The van der Waals surface area contributed by atoms with Gasteiger partial charge in [0.2, 0.25) is 5.91 Å². The lowest BCUT2D eigenvalue weighted by molar-refractivity contribution is -0.121. The van der Waals surface area contributed by atoms with E-state index in [4.69, 9.17) is 10.5 Å². The third-order valence-corrected chi connectivity index (χ3v) is 2.75. The molecule has 4 nitrogen and oxygen atoms in total. The van der Waals surface area contributed by atoms with Crippen LogP contribution >= 0.6 is 0 Å². The Morgan fingerprint density at radius 3 is 2.72 bits per heavy atom. The van der Waals surface area contributed by atoms with Crippen LogP contribution < -0.4 is 11.1 Å². The Balaban J connectivity index is 2.21. The van der Waals surface area contributed by atoms with Crippen LogP contribution in [0.15, 0.2) is 12.1 Å². The molecule has 18 heavy (non-hydrogen) atoms. The van der Waals surface area contributed by atoms with E-state index in [-0.39, 0.29) is 13.0 Å². The van der Waals surface area contributed by atoms with Gasteiger partial charge < -0.3 is 15.8 Å². The minimum absolute atomic E-state index is 0.0156. The fourth-order valence-electron chi connectivity index (χ4n) is 1.65. The Hall–Kier alpha value is -1.60. The molecule has 1 aliphatic heterocycles. The molecule has 1 fully saturated rings. The number of hydrogen-bond donors (Lipinski definition) is 2. The maximum atomic E-state index is 13.3. The summed E-state index contributed by atoms with van der Waals surface area (Å²) in [5.41, 5.74) is 3.86. The highest BCUT2D eigenvalue weighted by Crippen LogP contribution is 2.22. The number of nitrogens with one attached hydrogen (secondary N) is 1. The van der Waals surface area contributed by atoms with Gasteiger partial charge in [-0.2, -0.15) is 0 Å². The van der Waals surface area contributed by atoms with Crippen molar-refractivity contribution in [3.63, 3.8) is 0 Å². The molecule has 0 spiro atoms. The van der Waals surface area contributed by atoms with Crippen molar-refractivity contribution in [2.75, 3.05) is 18.5 Å². The van der Waals surface area contributed by atoms with Gasteiger partial charge in [-0.15, -0.1) is 0 Å². The first kappa shape index (κ1) is 12.8. The van der Waals surface area contributed by atoms with Gasteiger partial charge in [-0.25, -0.2) is 13.2 Å². The lowest BCUT2D eigenvalue weighted by atomic mass is 9.99. The molecular weight excluding hydrogens is 249 g/mol. The summed E-state index contributed by atoms with van der Waals surface area (Å²) in [5, 5.41) is 2.08. The third-order valence-electron chi connectivity index (χ3n) is 2.75. The van der Waals surface area contributed by atoms with E-state index in [1.165, 1.54) is 0 Å². The summed E-state index contributed by atoms with van der Waals surface area (Å²) in [6.07, 6.45) is 0.262. The van der Waals surface area contributed by atoms with Gasteiger partial charge in [0.1, 0.15) is 11.4 Å². The molecule has 1 amide bonds. The summed E-state index contributed by atoms with van der Waals surface area (Å²) in [6, 6.07) is 1.08. The highest BCUT2D eigenvalue weighted by Gasteiger charge is 2.38. The van der Waals surface area contributed by atoms with Crippen molar-refractivity contribution in [3.8, 4) is 0 Å². The quantitative estimate of drug-likeness (QED) is 0.784. The first-order valence-electron chi connectivity index (χ1n) is 5.25. The van der Waals surface area contributed by atoms with Crippen LogP contribution in [0.3, 0.4) is 0 Å². The molecule has 98 valence electrons. The molecule has 1 aromatic rings. The number of anilines is 1. The van der Waals surface area contributed by atoms with Crippen LogP contribution in [0, 0.1) is 17.5 Å². The molecular formula is C11H11F3N2O2. The van der Waals surface area contributed by atoms with Crippen molar-refractivity contribution in [1.82, 2.24) is 0 Å². The number of rotatable bonds is 2. The molecule has 3 N–H and O–H groups in total. The van der Waals surface area contributed by atoms with Crippen LogP contribution in [0.25, 0.3) is 0 Å². The summed E-state index contributed by atoms with van der Waals surface area (Å²) in [5.74, 6) is -4.42. The Morgan fingerprint density at radius 1 is 1.39 bits per heavy atom. The molecule has 7 heteroatoms. The maximum absolute atomic E-state index is 13.3. The number of benzene rings is 1. The van der Waals surface area contributed by atoms with Gasteiger partial charge in [0.15, 0.2) is 11.6 Å². The topological polar surface area (TPSA) is 64.4 Å². The second kappa shape index (κ2) is 4.58. The minimum Gasteiger partial charge on any atom is -0.379 e. The maximum Gasteiger partial charge on any atom is 0.247 e. The van der Waals surface area contributed by atoms with Crippen molar-refractivity contribution in [2.45, 2.75) is 12.0 Å². The van der Waals surface area contributed by atoms with E-state index in [9.17, 15) is 18.0 Å². The first-order valence-corrected chi connectivity index (χ1v) is 5.25. The molecule has 0 saturated carbocycles. The lowest BCUT2D eigenvalue weighted by Gasteiger charge is -2.20. The zero-order valence-corrected chi connectivity index (χ0v) is 9.30. The normalized spacial score (nSPS) is 23.1. The van der Waals surface area contributed by atoms with E-state index >= 15 is 0 Å². The van der Waals surface area contributed by atoms with E-state index < -0.39 is 34.6 Å². The van der Waals surface area contributed by atoms with Crippen LogP contribution in [0.2, 0.25) is 0 Å². The molecule has 0 radical (unpaired) electrons. The largest absolute Gasteiger partial charge is 0.379 e. The molecule has 1 heterocycles. The van der Waals surface area contributed by atoms with E-state index in [2.05, 4.69) is 5.32 Å². The standard InChI is InChI=1S/C11H11F3N2O2/c12-6-3-7(13)9(14)8(4-6)16-10(17)11(15)1-2-18-5-11/h3-4H,1-2,5,15H2,(H,16,17). The molecule has 1 aromatic carbocycles. The number of halogens is 3. The number of ether oxygens (including phenoxy) is 1. The van der Waals surface area contributed by atoms with Gasteiger partial charge in [0, 0.05) is 18.7 Å². The van der Waals surface area contributed by atoms with Gasteiger partial charge in [-0.1, -0.05) is 0 Å². The van der Waals surface area contributed by atoms with Gasteiger partial charge in [-0.3, -0.25) is 4.79 Å². The van der Waals surface area contributed by atoms with Crippen LogP contribution in [-0.4, -0.2) is 24.7 Å². The Morgan fingerprint density at radius 2 is 2.11 bits per heavy atom. The fraction of sp³-hybridized carbons (Fsp3) is 0.364. The van der Waals surface area contributed by atoms with Crippen LogP contribution in [0.4, 0.5) is 18.9 Å². The average molecular weight is 260 g/mol. The molecule has 1 saturated heterocycles. The molecule has 1 atom stereocenters. The zero-order valence-electron chi connectivity index (χ0n) is 9.30. The molecule has 1 unspecified atom stereocenters. The van der Waals surface area contributed by atoms with Gasteiger partial charge in [0.05, 0.1) is 12.3 Å². The van der Waals surface area contributed by atoms with E-state index in [0.29, 0.717) is 18.7 Å². The van der Waals surface area contributed by atoms with Crippen LogP contribution in [-0.2, 0) is 9.53 Å². The smallest absolute Gasteiger partial charge is 0.247 e. The summed E-state index contributed by atoms with van der Waals surface area (Å²) in [4.78, 5) is 11.8. The van der Waals surface area contributed by atoms with Gasteiger partial charge >= 0.3 is 0 Å². The second-order valence-corrected chi connectivity index (χ2v) is 4.16. The van der Waals surface area contributed by atoms with Crippen molar-refractivity contribution in [2.24, 2.45) is 5.73 Å². The highest BCUT2D eigenvalue weighted by atomic mass is 19.2. The van der Waals surface area contributed by atoms with Crippen molar-refractivity contribution < 1.29 is 22.7 Å². The van der Waals surface area contributed by atoms with Crippen LogP contribution in [0.5, 0.6) is 0 Å². The summed E-state index contributed by atoms with van der Waals surface area (Å²) in [6.45, 7) is 0.294. The SMILES string of the molecule is NC1(C(=O)Nc2cc(F)cc(F)c2F)CCOC1. The third kappa shape index (κ3) is 2.32. The van der Waals surface area contributed by atoms with Gasteiger partial charge in [-0.05, 0) is 6.42 Å². The monoisotopic (exact) mass is 260 g/mol. The zero-order chi connectivity index (χ0) is 13.3. The number of carbonyl (C=O) groups excluding carboxylic acids is 1. The number of carbonyl (C=O) groups is 1. The predicted octanol–water partition coefficient (Wildman–Crippen LogP) is 1.16. The summed E-state index contributed by atoms with van der Waals surface area (Å²) >= 11 is 0. The van der Waals surface area contributed by atoms with Crippen LogP contribution in [0.1, 0.15) is 6.42 Å². The number of hydrogen-bond acceptors (Lipinski definition) is 3. The molecule has 0 bridgehead atoms. The molecule has 0 aliphatic carbocycles. The van der Waals surface area contributed by atoms with Crippen molar-refractivity contribution in [1.29, 1.82) is 0 Å². The average Bonchev–Trinajstić information content (AvgIpc) is 2.73. The Kier molecular flexibility index (Phi) is 3.27. The Bertz CT molecular complexity index is 487. The van der Waals surface area contributed by atoms with E-state index in [0.717, 1.165) is 0 Å². The van der Waals surface area contributed by atoms with Crippen molar-refractivity contribution in [3.05, 3.63) is 29.6 Å². The lowest BCUT2D eigenvalue weighted by Crippen LogP contribution is -2.51. The Labute approximate surface area is 101 Å². The fourth-order valence-corrected chi connectivity index (χ4v) is 1.65.